The summed E-state index contributed by atoms with van der Waals surface area (Å²) >= 11 is 0. The maximum Gasteiger partial charge on any atom is 0.573 e. The quantitative estimate of drug-likeness (QED) is 0.712. The van der Waals surface area contributed by atoms with Crippen molar-refractivity contribution in [2.24, 2.45) is 5.92 Å². The SMILES string of the molecule is FC(F)(F)Oc1ccc2c(c1)C1CCCCC1CC2. The fraction of sp³-hybridized carbons (Fsp3) is 0.600. The van der Waals surface area contributed by atoms with Gasteiger partial charge in [-0.3, -0.25) is 0 Å². The number of hydrogen-bond acceptors (Lipinski definition) is 1. The van der Waals surface area contributed by atoms with Crippen LogP contribution in [0.5, 0.6) is 5.75 Å². The zero-order valence-corrected chi connectivity index (χ0v) is 10.7. The third kappa shape index (κ3) is 2.72. The first-order chi connectivity index (χ1) is 9.03. The molecule has 1 aromatic rings. The lowest BCUT2D eigenvalue weighted by molar-refractivity contribution is -0.274. The number of halogens is 3. The van der Waals surface area contributed by atoms with E-state index >= 15 is 0 Å². The van der Waals surface area contributed by atoms with Crippen LogP contribution in [0.2, 0.25) is 0 Å². The predicted octanol–water partition coefficient (Wildman–Crippen LogP) is 4.81. The molecule has 4 heteroatoms. The highest BCUT2D eigenvalue weighted by atomic mass is 19.4. The van der Waals surface area contributed by atoms with Crippen molar-refractivity contribution in [3.8, 4) is 5.75 Å². The number of aryl methyl sites for hydroxylation is 1. The molecule has 19 heavy (non-hydrogen) atoms. The minimum atomic E-state index is -4.60. The van der Waals surface area contributed by atoms with Gasteiger partial charge in [0.05, 0.1) is 0 Å². The molecule has 2 aliphatic carbocycles. The van der Waals surface area contributed by atoms with Crippen LogP contribution in [0, 0.1) is 5.92 Å². The topological polar surface area (TPSA) is 9.23 Å². The normalized spacial score (nSPS) is 26.5. The third-order valence-corrected chi connectivity index (χ3v) is 4.44. The molecule has 2 atom stereocenters. The number of benzene rings is 1. The molecule has 2 aliphatic rings. The Kier molecular flexibility index (Phi) is 3.19. The van der Waals surface area contributed by atoms with Crippen LogP contribution < -0.4 is 4.74 Å². The molecule has 0 radical (unpaired) electrons. The fourth-order valence-electron chi connectivity index (χ4n) is 3.65. The highest BCUT2D eigenvalue weighted by molar-refractivity contribution is 5.40. The van der Waals surface area contributed by atoms with Gasteiger partial charge in [0.2, 0.25) is 0 Å². The molecule has 1 aromatic carbocycles. The first-order valence-electron chi connectivity index (χ1n) is 6.91. The van der Waals surface area contributed by atoms with E-state index in [4.69, 9.17) is 0 Å². The van der Waals surface area contributed by atoms with Crippen LogP contribution in [0.1, 0.15) is 49.1 Å². The second-order valence-corrected chi connectivity index (χ2v) is 5.60. The molecule has 0 N–H and O–H groups in total. The van der Waals surface area contributed by atoms with Crippen molar-refractivity contribution in [1.82, 2.24) is 0 Å². The molecule has 3 rings (SSSR count). The maximum atomic E-state index is 12.3. The molecule has 2 unspecified atom stereocenters. The first-order valence-corrected chi connectivity index (χ1v) is 6.91. The van der Waals surface area contributed by atoms with Gasteiger partial charge in [0.25, 0.3) is 0 Å². The van der Waals surface area contributed by atoms with Crippen molar-refractivity contribution in [1.29, 1.82) is 0 Å². The molecule has 1 fully saturated rings. The summed E-state index contributed by atoms with van der Waals surface area (Å²) in [6.45, 7) is 0. The smallest absolute Gasteiger partial charge is 0.406 e. The van der Waals surface area contributed by atoms with Crippen LogP contribution in [0.25, 0.3) is 0 Å². The fourth-order valence-corrected chi connectivity index (χ4v) is 3.65. The number of hydrogen-bond donors (Lipinski definition) is 0. The van der Waals surface area contributed by atoms with Crippen LogP contribution >= 0.6 is 0 Å². The molecule has 1 saturated carbocycles. The Bertz CT molecular complexity index is 467. The van der Waals surface area contributed by atoms with E-state index in [1.807, 2.05) is 0 Å². The van der Waals surface area contributed by atoms with E-state index in [1.54, 1.807) is 12.1 Å². The Morgan fingerprint density at radius 3 is 2.63 bits per heavy atom. The zero-order valence-electron chi connectivity index (χ0n) is 10.7. The van der Waals surface area contributed by atoms with Gasteiger partial charge in [-0.05, 0) is 60.8 Å². The van der Waals surface area contributed by atoms with Crippen molar-refractivity contribution in [3.63, 3.8) is 0 Å². The van der Waals surface area contributed by atoms with Crippen molar-refractivity contribution >= 4 is 0 Å². The molecule has 0 heterocycles. The summed E-state index contributed by atoms with van der Waals surface area (Å²) in [5.41, 5.74) is 2.30. The van der Waals surface area contributed by atoms with Gasteiger partial charge < -0.3 is 4.74 Å². The summed E-state index contributed by atoms with van der Waals surface area (Å²) < 4.78 is 40.9. The Labute approximate surface area is 110 Å². The molecule has 104 valence electrons. The van der Waals surface area contributed by atoms with E-state index in [-0.39, 0.29) is 5.75 Å². The minimum Gasteiger partial charge on any atom is -0.406 e. The lowest BCUT2D eigenvalue weighted by atomic mass is 9.68. The number of rotatable bonds is 1. The summed E-state index contributed by atoms with van der Waals surface area (Å²) in [5.74, 6) is 1.02. The van der Waals surface area contributed by atoms with Gasteiger partial charge >= 0.3 is 6.36 Å². The summed E-state index contributed by atoms with van der Waals surface area (Å²) in [6, 6.07) is 4.86. The molecule has 0 amide bonds. The minimum absolute atomic E-state index is 0.0718. The second-order valence-electron chi connectivity index (χ2n) is 5.60. The van der Waals surface area contributed by atoms with Gasteiger partial charge in [0.1, 0.15) is 5.75 Å². The van der Waals surface area contributed by atoms with Gasteiger partial charge in [-0.15, -0.1) is 13.2 Å². The number of alkyl halides is 3. The molecule has 0 aliphatic heterocycles. The number of fused-ring (bicyclic) bond motifs is 3. The highest BCUT2D eigenvalue weighted by Crippen LogP contribution is 2.46. The van der Waals surface area contributed by atoms with E-state index in [0.717, 1.165) is 18.4 Å². The van der Waals surface area contributed by atoms with E-state index in [0.29, 0.717) is 11.8 Å². The first kappa shape index (κ1) is 12.8. The van der Waals surface area contributed by atoms with Gasteiger partial charge in [-0.25, -0.2) is 0 Å². The second kappa shape index (κ2) is 4.73. The van der Waals surface area contributed by atoms with E-state index in [9.17, 15) is 13.2 Å². The average Bonchev–Trinajstić information content (AvgIpc) is 2.37. The zero-order chi connectivity index (χ0) is 13.5. The standard InChI is InChI=1S/C15H17F3O/c16-15(17,18)19-12-8-7-11-6-5-10-3-1-2-4-13(10)14(11)9-12/h7-10,13H,1-6H2. The Morgan fingerprint density at radius 1 is 1.05 bits per heavy atom. The van der Waals surface area contributed by atoms with Crippen molar-refractivity contribution < 1.29 is 17.9 Å². The molecule has 1 nitrogen and oxygen atoms in total. The van der Waals surface area contributed by atoms with Crippen molar-refractivity contribution in [3.05, 3.63) is 29.3 Å². The molecule has 0 saturated heterocycles. The van der Waals surface area contributed by atoms with Crippen molar-refractivity contribution in [2.75, 3.05) is 0 Å². The van der Waals surface area contributed by atoms with Gasteiger partial charge in [-0.1, -0.05) is 18.9 Å². The van der Waals surface area contributed by atoms with E-state index in [2.05, 4.69) is 4.74 Å². The summed E-state index contributed by atoms with van der Waals surface area (Å²) in [6.07, 6.45) is 2.33. The van der Waals surface area contributed by atoms with E-state index in [1.165, 1.54) is 37.3 Å². The van der Waals surface area contributed by atoms with Crippen molar-refractivity contribution in [2.45, 2.75) is 50.8 Å². The average molecular weight is 270 g/mol. The molecule has 0 bridgehead atoms. The van der Waals surface area contributed by atoms with Crippen LogP contribution in [0.15, 0.2) is 18.2 Å². The van der Waals surface area contributed by atoms with Gasteiger partial charge in [0, 0.05) is 0 Å². The van der Waals surface area contributed by atoms with Gasteiger partial charge in [-0.2, -0.15) is 0 Å². The maximum absolute atomic E-state index is 12.3. The Hall–Kier alpha value is -1.19. The predicted molar refractivity (Wildman–Crippen MR) is 66.1 cm³/mol. The van der Waals surface area contributed by atoms with Gasteiger partial charge in [0.15, 0.2) is 0 Å². The monoisotopic (exact) mass is 270 g/mol. The van der Waals surface area contributed by atoms with Crippen LogP contribution in [-0.2, 0) is 6.42 Å². The van der Waals surface area contributed by atoms with Crippen LogP contribution in [0.4, 0.5) is 13.2 Å². The Balaban J connectivity index is 1.90. The molecule has 0 spiro atoms. The number of ether oxygens (including phenoxy) is 1. The molecular formula is C15H17F3O. The molecule has 0 aromatic heterocycles. The summed E-state index contributed by atoms with van der Waals surface area (Å²) in [5, 5.41) is 0. The van der Waals surface area contributed by atoms with Crippen LogP contribution in [0.3, 0.4) is 0 Å². The summed E-state index contributed by atoms with van der Waals surface area (Å²) in [4.78, 5) is 0. The summed E-state index contributed by atoms with van der Waals surface area (Å²) in [7, 11) is 0. The third-order valence-electron chi connectivity index (χ3n) is 4.44. The lowest BCUT2D eigenvalue weighted by Crippen LogP contribution is -2.24. The van der Waals surface area contributed by atoms with Crippen LogP contribution in [-0.4, -0.2) is 6.36 Å². The molecular weight excluding hydrogens is 253 g/mol. The largest absolute Gasteiger partial charge is 0.573 e. The highest BCUT2D eigenvalue weighted by Gasteiger charge is 2.34. The van der Waals surface area contributed by atoms with E-state index < -0.39 is 6.36 Å². The lowest BCUT2D eigenvalue weighted by Gasteiger charge is -2.37. The Morgan fingerprint density at radius 2 is 1.84 bits per heavy atom.